The molecule has 0 aliphatic heterocycles. The average molecular weight is 305 g/mol. The van der Waals surface area contributed by atoms with Crippen molar-refractivity contribution in [1.29, 1.82) is 0 Å². The van der Waals surface area contributed by atoms with E-state index in [0.29, 0.717) is 0 Å². The molecule has 0 saturated heterocycles. The van der Waals surface area contributed by atoms with Gasteiger partial charge in [0.2, 0.25) is 0 Å². The average Bonchev–Trinajstić information content (AvgIpc) is 3.22. The van der Waals surface area contributed by atoms with Crippen LogP contribution in [-0.4, -0.2) is 15.2 Å². The predicted molar refractivity (Wildman–Crippen MR) is 91.1 cm³/mol. The summed E-state index contributed by atoms with van der Waals surface area (Å²) in [6.07, 6.45) is 5.79. The quantitative estimate of drug-likeness (QED) is 0.604. The zero-order chi connectivity index (χ0) is 14.8. The molecule has 4 aromatic rings. The lowest BCUT2D eigenvalue weighted by Crippen LogP contribution is -1.89. The number of rotatable bonds is 4. The molecule has 0 atom stereocenters. The molecule has 3 nitrogen and oxygen atoms in total. The van der Waals surface area contributed by atoms with Gasteiger partial charge >= 0.3 is 0 Å². The summed E-state index contributed by atoms with van der Waals surface area (Å²) in [7, 11) is 0. The molecule has 0 aliphatic rings. The molecule has 0 fully saturated rings. The highest BCUT2D eigenvalue weighted by atomic mass is 32.1. The van der Waals surface area contributed by atoms with Crippen LogP contribution in [0.25, 0.3) is 21.3 Å². The maximum Gasteiger partial charge on any atom is 0.0941 e. The first-order valence-electron chi connectivity index (χ1n) is 7.31. The van der Waals surface area contributed by atoms with Crippen LogP contribution in [0.3, 0.4) is 0 Å². The van der Waals surface area contributed by atoms with E-state index < -0.39 is 0 Å². The van der Waals surface area contributed by atoms with Gasteiger partial charge in [0.25, 0.3) is 0 Å². The topological polar surface area (TPSA) is 41.6 Å². The van der Waals surface area contributed by atoms with Gasteiger partial charge in [-0.05, 0) is 29.7 Å². The molecule has 4 heteroatoms. The minimum Gasteiger partial charge on any atom is -0.285 e. The second-order valence-corrected chi connectivity index (χ2v) is 6.38. The van der Waals surface area contributed by atoms with Crippen LogP contribution in [0.4, 0.5) is 0 Å². The molecular formula is C18H15N3S. The molecule has 108 valence electrons. The number of aromatic amines is 1. The van der Waals surface area contributed by atoms with Gasteiger partial charge in [-0.25, -0.2) is 4.98 Å². The van der Waals surface area contributed by atoms with Crippen LogP contribution in [0.5, 0.6) is 0 Å². The lowest BCUT2D eigenvalue weighted by Gasteiger charge is -1.97. The summed E-state index contributed by atoms with van der Waals surface area (Å²) in [5.41, 5.74) is 4.74. The van der Waals surface area contributed by atoms with E-state index in [2.05, 4.69) is 58.7 Å². The molecule has 0 aliphatic carbocycles. The van der Waals surface area contributed by atoms with E-state index in [1.54, 1.807) is 11.3 Å². The zero-order valence-corrected chi connectivity index (χ0v) is 12.8. The van der Waals surface area contributed by atoms with Crippen molar-refractivity contribution in [3.8, 4) is 11.1 Å². The van der Waals surface area contributed by atoms with E-state index in [4.69, 9.17) is 4.98 Å². The van der Waals surface area contributed by atoms with Crippen LogP contribution in [-0.2, 0) is 12.8 Å². The normalized spacial score (nSPS) is 11.1. The third-order valence-electron chi connectivity index (χ3n) is 3.73. The second kappa shape index (κ2) is 5.73. The highest BCUT2D eigenvalue weighted by Crippen LogP contribution is 2.28. The number of benzene rings is 2. The number of H-pyrrole nitrogens is 1. The number of hydrogen-bond acceptors (Lipinski definition) is 3. The van der Waals surface area contributed by atoms with Crippen molar-refractivity contribution in [3.63, 3.8) is 0 Å². The molecule has 22 heavy (non-hydrogen) atoms. The van der Waals surface area contributed by atoms with E-state index in [1.165, 1.54) is 20.8 Å². The number of nitrogens with one attached hydrogen (secondary N) is 1. The van der Waals surface area contributed by atoms with E-state index in [-0.39, 0.29) is 0 Å². The lowest BCUT2D eigenvalue weighted by atomic mass is 10.1. The van der Waals surface area contributed by atoms with Crippen molar-refractivity contribution in [2.24, 2.45) is 0 Å². The first-order chi connectivity index (χ1) is 10.9. The largest absolute Gasteiger partial charge is 0.285 e. The van der Waals surface area contributed by atoms with Gasteiger partial charge in [0.15, 0.2) is 0 Å². The van der Waals surface area contributed by atoms with Gasteiger partial charge in [-0.1, -0.05) is 36.4 Å². The summed E-state index contributed by atoms with van der Waals surface area (Å²) >= 11 is 1.79. The van der Waals surface area contributed by atoms with Crippen LogP contribution < -0.4 is 0 Å². The number of thiazole rings is 1. The van der Waals surface area contributed by atoms with Crippen LogP contribution >= 0.6 is 11.3 Å². The lowest BCUT2D eigenvalue weighted by molar-refractivity contribution is 0.949. The van der Waals surface area contributed by atoms with Crippen LogP contribution in [0.2, 0.25) is 0 Å². The van der Waals surface area contributed by atoms with E-state index >= 15 is 0 Å². The first-order valence-corrected chi connectivity index (χ1v) is 8.13. The van der Waals surface area contributed by atoms with Crippen molar-refractivity contribution in [1.82, 2.24) is 15.2 Å². The maximum absolute atomic E-state index is 4.75. The number of aryl methyl sites for hydroxylation is 2. The third kappa shape index (κ3) is 2.65. The highest BCUT2D eigenvalue weighted by Gasteiger charge is 2.07. The van der Waals surface area contributed by atoms with Crippen molar-refractivity contribution >= 4 is 21.6 Å². The molecule has 0 unspecified atom stereocenters. The van der Waals surface area contributed by atoms with E-state index in [1.807, 2.05) is 12.4 Å². The fourth-order valence-corrected chi connectivity index (χ4v) is 3.57. The van der Waals surface area contributed by atoms with Gasteiger partial charge in [0, 0.05) is 18.2 Å². The van der Waals surface area contributed by atoms with Gasteiger partial charge < -0.3 is 0 Å². The van der Waals surface area contributed by atoms with Crippen molar-refractivity contribution < 1.29 is 0 Å². The molecule has 2 aromatic carbocycles. The molecule has 0 saturated carbocycles. The smallest absolute Gasteiger partial charge is 0.0941 e. The Morgan fingerprint density at radius 3 is 2.68 bits per heavy atom. The van der Waals surface area contributed by atoms with E-state index in [9.17, 15) is 0 Å². The van der Waals surface area contributed by atoms with Crippen molar-refractivity contribution in [2.45, 2.75) is 12.8 Å². The SMILES string of the molecule is c1ccc(CCc2nc3ccc(-c4cn[nH]c4)cc3s2)cc1. The van der Waals surface area contributed by atoms with Gasteiger partial charge in [-0.3, -0.25) is 5.10 Å². The van der Waals surface area contributed by atoms with E-state index in [0.717, 1.165) is 23.9 Å². The number of fused-ring (bicyclic) bond motifs is 1. The minimum absolute atomic E-state index is 0.990. The summed E-state index contributed by atoms with van der Waals surface area (Å²) in [6, 6.07) is 17.0. The van der Waals surface area contributed by atoms with Gasteiger partial charge in [-0.2, -0.15) is 5.10 Å². The Morgan fingerprint density at radius 1 is 0.955 bits per heavy atom. The third-order valence-corrected chi connectivity index (χ3v) is 4.81. The molecule has 0 bridgehead atoms. The Balaban J connectivity index is 1.58. The van der Waals surface area contributed by atoms with Crippen LogP contribution in [0, 0.1) is 0 Å². The standard InChI is InChI=1S/C18H15N3S/c1-2-4-13(5-3-1)6-9-18-21-16-8-7-14(10-17(16)22-18)15-11-19-20-12-15/h1-5,7-8,10-12H,6,9H2,(H,19,20). The molecule has 4 rings (SSSR count). The molecule has 0 radical (unpaired) electrons. The fourth-order valence-electron chi connectivity index (χ4n) is 2.56. The minimum atomic E-state index is 0.990. The van der Waals surface area contributed by atoms with Crippen molar-refractivity contribution in [3.05, 3.63) is 71.5 Å². The molecule has 0 amide bonds. The molecular weight excluding hydrogens is 290 g/mol. The second-order valence-electron chi connectivity index (χ2n) is 5.26. The fraction of sp³-hybridized carbons (Fsp3) is 0.111. The van der Waals surface area contributed by atoms with Gasteiger partial charge in [-0.15, -0.1) is 11.3 Å². The van der Waals surface area contributed by atoms with Crippen LogP contribution in [0.15, 0.2) is 60.9 Å². The molecule has 0 spiro atoms. The molecule has 1 N–H and O–H groups in total. The number of aromatic nitrogens is 3. The Morgan fingerprint density at radius 2 is 1.86 bits per heavy atom. The van der Waals surface area contributed by atoms with Crippen LogP contribution in [0.1, 0.15) is 10.6 Å². The summed E-state index contributed by atoms with van der Waals surface area (Å²) in [5.74, 6) is 0. The first kappa shape index (κ1) is 13.2. The summed E-state index contributed by atoms with van der Waals surface area (Å²) in [6.45, 7) is 0. The summed E-state index contributed by atoms with van der Waals surface area (Å²) in [5, 5.41) is 8.06. The Hall–Kier alpha value is -2.46. The number of hydrogen-bond donors (Lipinski definition) is 1. The molecule has 2 aromatic heterocycles. The summed E-state index contributed by atoms with van der Waals surface area (Å²) < 4.78 is 1.24. The Labute approximate surface area is 132 Å². The molecule has 2 heterocycles. The summed E-state index contributed by atoms with van der Waals surface area (Å²) in [4.78, 5) is 4.75. The monoisotopic (exact) mass is 305 g/mol. The highest BCUT2D eigenvalue weighted by molar-refractivity contribution is 7.18. The van der Waals surface area contributed by atoms with Crippen molar-refractivity contribution in [2.75, 3.05) is 0 Å². The Kier molecular flexibility index (Phi) is 3.45. The Bertz CT molecular complexity index is 879. The number of nitrogens with zero attached hydrogens (tertiary/aromatic N) is 2. The zero-order valence-electron chi connectivity index (χ0n) is 12.0. The van der Waals surface area contributed by atoms with Gasteiger partial charge in [0.1, 0.15) is 0 Å². The van der Waals surface area contributed by atoms with Gasteiger partial charge in [0.05, 0.1) is 21.4 Å². The predicted octanol–water partition coefficient (Wildman–Crippen LogP) is 4.47. The maximum atomic E-state index is 4.75.